The van der Waals surface area contributed by atoms with Gasteiger partial charge >= 0.3 is 0 Å². The zero-order chi connectivity index (χ0) is 19.1. The molecule has 0 radical (unpaired) electrons. The lowest BCUT2D eigenvalue weighted by Crippen LogP contribution is -2.49. The molecule has 0 aliphatic heterocycles. The molecule has 0 atom stereocenters. The average Bonchev–Trinajstić information content (AvgIpc) is 2.59. The smallest absolute Gasteiger partial charge is 0.276 e. The maximum atomic E-state index is 12.0. The van der Waals surface area contributed by atoms with E-state index in [4.69, 9.17) is 28.6 Å². The largest absolute Gasteiger partial charge is 0.483 e. The first kappa shape index (κ1) is 20.6. The predicted octanol–water partition coefficient (Wildman–Crippen LogP) is 3.58. The SMILES string of the molecule is O=C(COc1ccc(Br)cc1Br)NNC(=S)NC(=O)c1ccccc1Cl. The maximum Gasteiger partial charge on any atom is 0.276 e. The molecule has 0 saturated heterocycles. The number of hydrogen-bond acceptors (Lipinski definition) is 4. The molecule has 136 valence electrons. The van der Waals surface area contributed by atoms with Crippen molar-refractivity contribution < 1.29 is 14.3 Å². The molecule has 2 amide bonds. The Hall–Kier alpha value is -1.68. The van der Waals surface area contributed by atoms with E-state index in [9.17, 15) is 9.59 Å². The summed E-state index contributed by atoms with van der Waals surface area (Å²) in [5.41, 5.74) is 5.02. The van der Waals surface area contributed by atoms with Crippen molar-refractivity contribution >= 4 is 72.6 Å². The molecule has 2 aromatic rings. The van der Waals surface area contributed by atoms with Crippen molar-refractivity contribution in [1.29, 1.82) is 0 Å². The van der Waals surface area contributed by atoms with E-state index in [2.05, 4.69) is 48.0 Å². The van der Waals surface area contributed by atoms with Crippen molar-refractivity contribution in [2.24, 2.45) is 0 Å². The number of hydrazine groups is 1. The van der Waals surface area contributed by atoms with E-state index in [-0.39, 0.29) is 17.3 Å². The second-order valence-electron chi connectivity index (χ2n) is 4.80. The molecule has 6 nitrogen and oxygen atoms in total. The predicted molar refractivity (Wildman–Crippen MR) is 110 cm³/mol. The van der Waals surface area contributed by atoms with Crippen molar-refractivity contribution in [3.8, 4) is 5.75 Å². The molecule has 26 heavy (non-hydrogen) atoms. The first-order valence-corrected chi connectivity index (χ1v) is 9.46. The van der Waals surface area contributed by atoms with Gasteiger partial charge < -0.3 is 4.74 Å². The Bertz CT molecular complexity index is 851. The van der Waals surface area contributed by atoms with Gasteiger partial charge in [0.2, 0.25) is 0 Å². The molecule has 2 rings (SSSR count). The van der Waals surface area contributed by atoms with Crippen LogP contribution in [0.15, 0.2) is 51.4 Å². The number of ether oxygens (including phenoxy) is 1. The van der Waals surface area contributed by atoms with Gasteiger partial charge in [-0.15, -0.1) is 0 Å². The van der Waals surface area contributed by atoms with Gasteiger partial charge in [-0.1, -0.05) is 39.7 Å². The molecule has 10 heteroatoms. The van der Waals surface area contributed by atoms with Crippen molar-refractivity contribution in [3.63, 3.8) is 0 Å². The minimum Gasteiger partial charge on any atom is -0.483 e. The molecule has 0 unspecified atom stereocenters. The molecule has 0 aliphatic rings. The van der Waals surface area contributed by atoms with Crippen LogP contribution in [0, 0.1) is 0 Å². The van der Waals surface area contributed by atoms with E-state index in [0.29, 0.717) is 15.2 Å². The molecule has 0 heterocycles. The molecule has 0 saturated carbocycles. The number of thiocarbonyl (C=S) groups is 1. The van der Waals surface area contributed by atoms with Crippen molar-refractivity contribution in [2.45, 2.75) is 0 Å². The summed E-state index contributed by atoms with van der Waals surface area (Å²) < 4.78 is 6.97. The van der Waals surface area contributed by atoms with Gasteiger partial charge in [0.1, 0.15) is 5.75 Å². The zero-order valence-electron chi connectivity index (χ0n) is 13.0. The van der Waals surface area contributed by atoms with Crippen LogP contribution in [0.3, 0.4) is 0 Å². The van der Waals surface area contributed by atoms with Crippen LogP contribution in [0.2, 0.25) is 5.02 Å². The standard InChI is InChI=1S/C16H12Br2ClN3O3S/c17-9-5-6-13(11(18)7-9)25-8-14(23)21-22-16(26)20-15(24)10-3-1-2-4-12(10)19/h1-7H,8H2,(H,21,23)(H2,20,22,24,26). The normalized spacial score (nSPS) is 9.96. The second kappa shape index (κ2) is 9.86. The van der Waals surface area contributed by atoms with Crippen molar-refractivity contribution in [1.82, 2.24) is 16.2 Å². The lowest BCUT2D eigenvalue weighted by molar-refractivity contribution is -0.123. The Balaban J connectivity index is 1.77. The maximum absolute atomic E-state index is 12.0. The Morgan fingerprint density at radius 3 is 2.54 bits per heavy atom. The topological polar surface area (TPSA) is 79.5 Å². The fraction of sp³-hybridized carbons (Fsp3) is 0.0625. The number of amides is 2. The summed E-state index contributed by atoms with van der Waals surface area (Å²) in [6, 6.07) is 11.8. The van der Waals surface area contributed by atoms with E-state index in [1.807, 2.05) is 0 Å². The van der Waals surface area contributed by atoms with E-state index in [0.717, 1.165) is 4.47 Å². The number of hydrogen-bond donors (Lipinski definition) is 3. The third-order valence-electron chi connectivity index (χ3n) is 2.91. The van der Waals surface area contributed by atoms with Gasteiger partial charge in [0, 0.05) is 4.47 Å². The summed E-state index contributed by atoms with van der Waals surface area (Å²) >= 11 is 17.5. The van der Waals surface area contributed by atoms with E-state index >= 15 is 0 Å². The molecule has 0 aromatic heterocycles. The summed E-state index contributed by atoms with van der Waals surface area (Å²) in [5.74, 6) is -0.454. The van der Waals surface area contributed by atoms with Gasteiger partial charge in [-0.2, -0.15) is 0 Å². The molecular weight excluding hydrogens is 510 g/mol. The van der Waals surface area contributed by atoms with Crippen LogP contribution >= 0.6 is 55.7 Å². The Morgan fingerprint density at radius 1 is 1.12 bits per heavy atom. The Morgan fingerprint density at radius 2 is 1.85 bits per heavy atom. The molecule has 0 fully saturated rings. The number of carbonyl (C=O) groups excluding carboxylic acids is 2. The van der Waals surface area contributed by atoms with Gasteiger partial charge in [0.25, 0.3) is 11.8 Å². The van der Waals surface area contributed by atoms with Crippen molar-refractivity contribution in [3.05, 3.63) is 62.0 Å². The number of nitrogens with one attached hydrogen (secondary N) is 3. The number of halogens is 3. The molecule has 0 spiro atoms. The summed E-state index contributed by atoms with van der Waals surface area (Å²) in [6.45, 7) is -0.242. The van der Waals surface area contributed by atoms with Crippen LogP contribution in [-0.2, 0) is 4.79 Å². The Kier molecular flexibility index (Phi) is 7.83. The number of benzene rings is 2. The van der Waals surface area contributed by atoms with Crippen LogP contribution in [0.4, 0.5) is 0 Å². The Labute approximate surface area is 176 Å². The summed E-state index contributed by atoms with van der Waals surface area (Å²) in [6.07, 6.45) is 0. The lowest BCUT2D eigenvalue weighted by atomic mass is 10.2. The third-order valence-corrected chi connectivity index (χ3v) is 4.56. The quantitative estimate of drug-likeness (QED) is 0.424. The highest BCUT2D eigenvalue weighted by molar-refractivity contribution is 9.11. The highest BCUT2D eigenvalue weighted by atomic mass is 79.9. The first-order chi connectivity index (χ1) is 12.4. The van der Waals surface area contributed by atoms with Crippen LogP contribution < -0.4 is 20.9 Å². The van der Waals surface area contributed by atoms with Crippen LogP contribution in [0.5, 0.6) is 5.75 Å². The van der Waals surface area contributed by atoms with E-state index in [1.165, 1.54) is 0 Å². The van der Waals surface area contributed by atoms with Gasteiger partial charge in [-0.3, -0.25) is 25.8 Å². The van der Waals surface area contributed by atoms with Gasteiger partial charge in [-0.25, -0.2) is 0 Å². The summed E-state index contributed by atoms with van der Waals surface area (Å²) in [4.78, 5) is 23.8. The van der Waals surface area contributed by atoms with Crippen LogP contribution in [-0.4, -0.2) is 23.5 Å². The lowest BCUT2D eigenvalue weighted by Gasteiger charge is -2.12. The van der Waals surface area contributed by atoms with Crippen LogP contribution in [0.25, 0.3) is 0 Å². The number of rotatable bonds is 4. The van der Waals surface area contributed by atoms with E-state index < -0.39 is 11.8 Å². The minimum atomic E-state index is -0.489. The monoisotopic (exact) mass is 519 g/mol. The molecule has 3 N–H and O–H groups in total. The average molecular weight is 522 g/mol. The minimum absolute atomic E-state index is 0.0758. The zero-order valence-corrected chi connectivity index (χ0v) is 17.8. The molecule has 2 aromatic carbocycles. The molecular formula is C16H12Br2ClN3O3S. The van der Waals surface area contributed by atoms with Gasteiger partial charge in [0.15, 0.2) is 11.7 Å². The van der Waals surface area contributed by atoms with Gasteiger partial charge in [0.05, 0.1) is 15.1 Å². The number of carbonyl (C=O) groups is 2. The fourth-order valence-corrected chi connectivity index (χ4v) is 3.27. The molecule has 0 aliphatic carbocycles. The highest BCUT2D eigenvalue weighted by Gasteiger charge is 2.12. The third kappa shape index (κ3) is 6.24. The van der Waals surface area contributed by atoms with Crippen LogP contribution in [0.1, 0.15) is 10.4 Å². The highest BCUT2D eigenvalue weighted by Crippen LogP contribution is 2.28. The summed E-state index contributed by atoms with van der Waals surface area (Å²) in [5, 5.41) is 2.63. The summed E-state index contributed by atoms with van der Waals surface area (Å²) in [7, 11) is 0. The first-order valence-electron chi connectivity index (χ1n) is 7.09. The van der Waals surface area contributed by atoms with E-state index in [1.54, 1.807) is 42.5 Å². The second-order valence-corrected chi connectivity index (χ2v) is 7.39. The molecule has 0 bridgehead atoms. The fourth-order valence-electron chi connectivity index (χ4n) is 1.75. The van der Waals surface area contributed by atoms with Crippen molar-refractivity contribution in [2.75, 3.05) is 6.61 Å². The van der Waals surface area contributed by atoms with Gasteiger partial charge in [-0.05, 0) is 58.5 Å².